The van der Waals surface area contributed by atoms with Gasteiger partial charge in [-0.2, -0.15) is 5.10 Å². The van der Waals surface area contributed by atoms with Crippen LogP contribution in [0, 0.1) is 0 Å². The molecule has 0 unspecified atom stereocenters. The van der Waals surface area contributed by atoms with Crippen LogP contribution in [-0.2, 0) is 19.5 Å². The highest BCUT2D eigenvalue weighted by Crippen LogP contribution is 2.25. The molecule has 138 valence electrons. The molecule has 3 aromatic rings. The lowest BCUT2D eigenvalue weighted by Gasteiger charge is -2.26. The van der Waals surface area contributed by atoms with Gasteiger partial charge in [0.15, 0.2) is 5.82 Å². The highest BCUT2D eigenvalue weighted by molar-refractivity contribution is 6.30. The van der Waals surface area contributed by atoms with Crippen LogP contribution >= 0.6 is 11.6 Å². The molecule has 0 atom stereocenters. The number of amides is 2. The van der Waals surface area contributed by atoms with Gasteiger partial charge < -0.3 is 5.32 Å². The van der Waals surface area contributed by atoms with E-state index in [0.717, 1.165) is 37.3 Å². The number of aromatic amines is 1. The Morgan fingerprint density at radius 1 is 1.11 bits per heavy atom. The lowest BCUT2D eigenvalue weighted by molar-refractivity contribution is 0.242. The Labute approximate surface area is 162 Å². The molecule has 0 spiro atoms. The van der Waals surface area contributed by atoms with E-state index in [1.165, 1.54) is 5.56 Å². The van der Waals surface area contributed by atoms with Gasteiger partial charge in [-0.1, -0.05) is 41.9 Å². The number of carbonyl (C=O) groups is 1. The first-order chi connectivity index (χ1) is 13.2. The third-order valence-corrected chi connectivity index (χ3v) is 4.85. The fourth-order valence-corrected chi connectivity index (χ4v) is 3.38. The second kappa shape index (κ2) is 7.82. The fraction of sp³-hybridized carbons (Fsp3) is 0.200. The van der Waals surface area contributed by atoms with Crippen LogP contribution in [0.1, 0.15) is 16.8 Å². The van der Waals surface area contributed by atoms with Gasteiger partial charge >= 0.3 is 6.03 Å². The van der Waals surface area contributed by atoms with Crippen LogP contribution in [-0.4, -0.2) is 27.7 Å². The summed E-state index contributed by atoms with van der Waals surface area (Å²) in [5.41, 5.74) is 4.10. The summed E-state index contributed by atoms with van der Waals surface area (Å²) in [6.45, 7) is 2.62. The van der Waals surface area contributed by atoms with Crippen LogP contribution in [0.15, 0.2) is 54.6 Å². The fourth-order valence-electron chi connectivity index (χ4n) is 3.26. The molecule has 0 saturated heterocycles. The van der Waals surface area contributed by atoms with Crippen LogP contribution in [0.25, 0.3) is 0 Å². The van der Waals surface area contributed by atoms with E-state index in [4.69, 9.17) is 11.6 Å². The van der Waals surface area contributed by atoms with Gasteiger partial charge in [-0.25, -0.2) is 4.79 Å². The van der Waals surface area contributed by atoms with E-state index < -0.39 is 0 Å². The van der Waals surface area contributed by atoms with Crippen molar-refractivity contribution in [3.05, 3.63) is 76.4 Å². The van der Waals surface area contributed by atoms with Gasteiger partial charge in [0.2, 0.25) is 0 Å². The summed E-state index contributed by atoms with van der Waals surface area (Å²) in [5, 5.41) is 13.6. The van der Waals surface area contributed by atoms with Crippen molar-refractivity contribution < 1.29 is 4.79 Å². The lowest BCUT2D eigenvalue weighted by atomic mass is 10.1. The minimum atomic E-state index is -0.321. The number of urea groups is 1. The average molecular weight is 382 g/mol. The van der Waals surface area contributed by atoms with E-state index in [9.17, 15) is 4.79 Å². The van der Waals surface area contributed by atoms with Crippen molar-refractivity contribution in [2.24, 2.45) is 0 Å². The molecule has 7 heteroatoms. The van der Waals surface area contributed by atoms with E-state index in [-0.39, 0.29) is 6.03 Å². The van der Waals surface area contributed by atoms with E-state index in [2.05, 4.69) is 50.0 Å². The molecule has 4 rings (SSSR count). The number of hydrogen-bond acceptors (Lipinski definition) is 3. The van der Waals surface area contributed by atoms with Crippen molar-refractivity contribution in [3.8, 4) is 0 Å². The number of carbonyl (C=O) groups excluding carboxylic acids is 1. The molecule has 0 fully saturated rings. The van der Waals surface area contributed by atoms with Gasteiger partial charge in [0.05, 0.1) is 5.69 Å². The molecule has 0 aliphatic carbocycles. The summed E-state index contributed by atoms with van der Waals surface area (Å²) in [6, 6.07) is 17.1. The zero-order chi connectivity index (χ0) is 18.6. The zero-order valence-corrected chi connectivity index (χ0v) is 15.5. The lowest BCUT2D eigenvalue weighted by Crippen LogP contribution is -2.30. The van der Waals surface area contributed by atoms with Crippen LogP contribution in [0.2, 0.25) is 5.02 Å². The van der Waals surface area contributed by atoms with E-state index in [0.29, 0.717) is 16.5 Å². The van der Waals surface area contributed by atoms with Gasteiger partial charge in [-0.15, -0.1) is 0 Å². The molecule has 27 heavy (non-hydrogen) atoms. The van der Waals surface area contributed by atoms with Crippen LogP contribution < -0.4 is 10.6 Å². The Hall–Kier alpha value is -2.83. The van der Waals surface area contributed by atoms with Crippen molar-refractivity contribution in [2.75, 3.05) is 17.2 Å². The number of H-pyrrole nitrogens is 1. The summed E-state index contributed by atoms with van der Waals surface area (Å²) in [6.07, 6.45) is 0.842. The molecule has 0 radical (unpaired) electrons. The molecule has 2 amide bonds. The smallest absolute Gasteiger partial charge is 0.308 e. The Morgan fingerprint density at radius 2 is 1.89 bits per heavy atom. The standard InChI is InChI=1S/C20H20ClN5O/c21-15-6-8-16(9-7-15)22-20(27)23-19-17-10-11-26(13-18(17)24-25-19)12-14-4-2-1-3-5-14/h1-9H,10-13H2,(H3,22,23,24,25,27). The van der Waals surface area contributed by atoms with Gasteiger partial charge in [0, 0.05) is 35.9 Å². The quantitative estimate of drug-likeness (QED) is 0.632. The SMILES string of the molecule is O=C(Nc1ccc(Cl)cc1)Nc1n[nH]c2c1CCN(Cc1ccccc1)C2. The molecule has 2 heterocycles. The van der Waals surface area contributed by atoms with Crippen molar-refractivity contribution in [1.29, 1.82) is 0 Å². The number of fused-ring (bicyclic) bond motifs is 1. The predicted molar refractivity (Wildman–Crippen MR) is 107 cm³/mol. The average Bonchev–Trinajstić information content (AvgIpc) is 3.06. The Kier molecular flexibility index (Phi) is 5.09. The molecule has 0 bridgehead atoms. The number of nitrogens with zero attached hydrogens (tertiary/aromatic N) is 2. The molecule has 1 aromatic heterocycles. The first-order valence-electron chi connectivity index (χ1n) is 8.83. The first-order valence-corrected chi connectivity index (χ1v) is 9.21. The molecule has 1 aliphatic rings. The Morgan fingerprint density at radius 3 is 2.67 bits per heavy atom. The second-order valence-corrected chi connectivity index (χ2v) is 7.00. The third-order valence-electron chi connectivity index (χ3n) is 4.60. The first kappa shape index (κ1) is 17.6. The van der Waals surface area contributed by atoms with E-state index in [1.54, 1.807) is 24.3 Å². The van der Waals surface area contributed by atoms with Gasteiger partial charge in [0.25, 0.3) is 0 Å². The summed E-state index contributed by atoms with van der Waals surface area (Å²) < 4.78 is 0. The van der Waals surface area contributed by atoms with E-state index >= 15 is 0 Å². The van der Waals surface area contributed by atoms with Crippen molar-refractivity contribution in [3.63, 3.8) is 0 Å². The number of anilines is 2. The van der Waals surface area contributed by atoms with E-state index in [1.807, 2.05) is 6.07 Å². The van der Waals surface area contributed by atoms with Crippen LogP contribution in [0.3, 0.4) is 0 Å². The summed E-state index contributed by atoms with van der Waals surface area (Å²) in [5.74, 6) is 0.593. The number of nitrogens with one attached hydrogen (secondary N) is 3. The minimum absolute atomic E-state index is 0.321. The molecule has 6 nitrogen and oxygen atoms in total. The number of aromatic nitrogens is 2. The van der Waals surface area contributed by atoms with Crippen LogP contribution in [0.5, 0.6) is 0 Å². The summed E-state index contributed by atoms with van der Waals surface area (Å²) >= 11 is 5.86. The third kappa shape index (κ3) is 4.30. The highest BCUT2D eigenvalue weighted by Gasteiger charge is 2.22. The number of benzene rings is 2. The Balaban J connectivity index is 1.38. The number of rotatable bonds is 4. The van der Waals surface area contributed by atoms with Gasteiger partial charge in [-0.05, 0) is 36.2 Å². The molecule has 1 aliphatic heterocycles. The maximum absolute atomic E-state index is 12.2. The predicted octanol–water partition coefficient (Wildman–Crippen LogP) is 4.27. The Bertz CT molecular complexity index is 923. The van der Waals surface area contributed by atoms with Crippen LogP contribution in [0.4, 0.5) is 16.3 Å². The monoisotopic (exact) mass is 381 g/mol. The minimum Gasteiger partial charge on any atom is -0.308 e. The molecule has 2 aromatic carbocycles. The largest absolute Gasteiger partial charge is 0.324 e. The second-order valence-electron chi connectivity index (χ2n) is 6.56. The summed E-state index contributed by atoms with van der Waals surface area (Å²) in [4.78, 5) is 14.6. The normalized spacial score (nSPS) is 13.8. The number of hydrogen-bond donors (Lipinski definition) is 3. The maximum Gasteiger partial charge on any atom is 0.324 e. The summed E-state index contributed by atoms with van der Waals surface area (Å²) in [7, 11) is 0. The molecule has 3 N–H and O–H groups in total. The van der Waals surface area contributed by atoms with Gasteiger partial charge in [-0.3, -0.25) is 15.3 Å². The number of halogens is 1. The van der Waals surface area contributed by atoms with Crippen molar-refractivity contribution >= 4 is 29.1 Å². The highest BCUT2D eigenvalue weighted by atomic mass is 35.5. The maximum atomic E-state index is 12.2. The molecular formula is C20H20ClN5O. The van der Waals surface area contributed by atoms with Crippen molar-refractivity contribution in [2.45, 2.75) is 19.5 Å². The van der Waals surface area contributed by atoms with Gasteiger partial charge in [0.1, 0.15) is 0 Å². The topological polar surface area (TPSA) is 73.0 Å². The van der Waals surface area contributed by atoms with Crippen molar-refractivity contribution in [1.82, 2.24) is 15.1 Å². The zero-order valence-electron chi connectivity index (χ0n) is 14.7. The molecule has 0 saturated carbocycles. The molecular weight excluding hydrogens is 362 g/mol.